The maximum Gasteiger partial charge on any atom is 0.446 e. The first kappa shape index (κ1) is 13.7. The third-order valence-corrected chi connectivity index (χ3v) is 4.11. The van der Waals surface area contributed by atoms with Gasteiger partial charge in [0.1, 0.15) is 5.82 Å². The number of hydrogen-bond donors (Lipinski definition) is 1. The highest BCUT2D eigenvalue weighted by Crippen LogP contribution is 2.53. The summed E-state index contributed by atoms with van der Waals surface area (Å²) in [7, 11) is 0. The van der Waals surface area contributed by atoms with Gasteiger partial charge in [-0.1, -0.05) is 13.0 Å². The van der Waals surface area contributed by atoms with Crippen LogP contribution in [-0.2, 0) is 0 Å². The fourth-order valence-electron chi connectivity index (χ4n) is 1.83. The number of benzene rings is 1. The van der Waals surface area contributed by atoms with Crippen molar-refractivity contribution >= 4 is 11.8 Å². The monoisotopic (exact) mass is 279 g/mol. The van der Waals surface area contributed by atoms with E-state index in [2.05, 4.69) is 0 Å². The zero-order chi connectivity index (χ0) is 13.6. The molecule has 0 saturated heterocycles. The van der Waals surface area contributed by atoms with Crippen LogP contribution in [0.4, 0.5) is 17.6 Å². The van der Waals surface area contributed by atoms with E-state index in [1.165, 1.54) is 6.07 Å². The van der Waals surface area contributed by atoms with Gasteiger partial charge < -0.3 is 5.73 Å². The molecule has 1 nitrogen and oxygen atoms in total. The van der Waals surface area contributed by atoms with Crippen LogP contribution in [0.2, 0.25) is 0 Å². The van der Waals surface area contributed by atoms with Crippen molar-refractivity contribution in [1.82, 2.24) is 0 Å². The van der Waals surface area contributed by atoms with E-state index in [0.717, 1.165) is 25.0 Å². The molecule has 1 aromatic carbocycles. The van der Waals surface area contributed by atoms with Gasteiger partial charge in [-0.05, 0) is 47.7 Å². The lowest BCUT2D eigenvalue weighted by Crippen LogP contribution is -2.20. The standard InChI is InChI=1S/C12H13F4NS/c1-11(4-5-11)10(17)7-2-3-9(8(13)6-7)18-12(14,15)16/h2-3,6,10H,4-5,17H2,1H3. The third-order valence-electron chi connectivity index (χ3n) is 3.33. The molecule has 1 saturated carbocycles. The number of alkyl halides is 3. The molecule has 0 heterocycles. The minimum atomic E-state index is -4.48. The van der Waals surface area contributed by atoms with Gasteiger partial charge in [-0.25, -0.2) is 4.39 Å². The third kappa shape index (κ3) is 2.98. The van der Waals surface area contributed by atoms with E-state index in [-0.39, 0.29) is 11.5 Å². The molecule has 1 fully saturated rings. The quantitative estimate of drug-likeness (QED) is 0.661. The zero-order valence-corrected chi connectivity index (χ0v) is 10.5. The second-order valence-corrected chi connectivity index (χ2v) is 5.98. The number of nitrogens with two attached hydrogens (primary N) is 1. The summed E-state index contributed by atoms with van der Waals surface area (Å²) in [5.74, 6) is -0.866. The molecule has 0 radical (unpaired) electrons. The smallest absolute Gasteiger partial charge is 0.323 e. The molecule has 0 aliphatic heterocycles. The highest BCUT2D eigenvalue weighted by atomic mass is 32.2. The number of hydrogen-bond acceptors (Lipinski definition) is 2. The Labute approximate surface area is 107 Å². The van der Waals surface area contributed by atoms with E-state index in [1.54, 1.807) is 0 Å². The average Bonchev–Trinajstić information content (AvgIpc) is 2.98. The van der Waals surface area contributed by atoms with E-state index >= 15 is 0 Å². The van der Waals surface area contributed by atoms with Crippen LogP contribution in [0.3, 0.4) is 0 Å². The molecule has 6 heteroatoms. The summed E-state index contributed by atoms with van der Waals surface area (Å²) in [6.07, 6.45) is 1.93. The molecule has 0 spiro atoms. The second-order valence-electron chi connectivity index (χ2n) is 4.87. The molecule has 2 N–H and O–H groups in total. The first-order chi connectivity index (χ1) is 8.21. The molecule has 2 rings (SSSR count). The molecule has 1 atom stereocenters. The number of rotatable bonds is 3. The minimum Gasteiger partial charge on any atom is -0.323 e. The molecule has 1 aliphatic rings. The van der Waals surface area contributed by atoms with Crippen LogP contribution in [0.25, 0.3) is 0 Å². The SMILES string of the molecule is CC1(C(N)c2ccc(SC(F)(F)F)c(F)c2)CC1. The average molecular weight is 279 g/mol. The first-order valence-electron chi connectivity index (χ1n) is 5.52. The van der Waals surface area contributed by atoms with Crippen LogP contribution in [0, 0.1) is 11.2 Å². The lowest BCUT2D eigenvalue weighted by molar-refractivity contribution is -0.0329. The maximum absolute atomic E-state index is 13.6. The summed E-state index contributed by atoms with van der Waals surface area (Å²) in [5, 5.41) is 0. The van der Waals surface area contributed by atoms with Crippen molar-refractivity contribution in [3.05, 3.63) is 29.6 Å². The second kappa shape index (κ2) is 4.42. The Balaban J connectivity index is 2.19. The van der Waals surface area contributed by atoms with Crippen molar-refractivity contribution in [3.8, 4) is 0 Å². The van der Waals surface area contributed by atoms with E-state index in [4.69, 9.17) is 5.73 Å². The molecular weight excluding hydrogens is 266 g/mol. The van der Waals surface area contributed by atoms with Gasteiger partial charge in [0.2, 0.25) is 0 Å². The van der Waals surface area contributed by atoms with Gasteiger partial charge in [-0.3, -0.25) is 0 Å². The number of halogens is 4. The van der Waals surface area contributed by atoms with Crippen LogP contribution in [0.15, 0.2) is 23.1 Å². The number of thioether (sulfide) groups is 1. The first-order valence-corrected chi connectivity index (χ1v) is 6.34. The topological polar surface area (TPSA) is 26.0 Å². The van der Waals surface area contributed by atoms with Gasteiger partial charge in [-0.2, -0.15) is 13.2 Å². The molecule has 1 aromatic rings. The Bertz CT molecular complexity index is 454. The van der Waals surface area contributed by atoms with Crippen LogP contribution in [0.5, 0.6) is 0 Å². The van der Waals surface area contributed by atoms with Gasteiger partial charge in [0, 0.05) is 6.04 Å². The Kier molecular flexibility index (Phi) is 3.36. The predicted octanol–water partition coefficient (Wildman–Crippen LogP) is 4.24. The molecule has 0 bridgehead atoms. The van der Waals surface area contributed by atoms with E-state index in [0.29, 0.717) is 5.56 Å². The van der Waals surface area contributed by atoms with E-state index in [9.17, 15) is 17.6 Å². The van der Waals surface area contributed by atoms with Crippen LogP contribution < -0.4 is 5.73 Å². The van der Waals surface area contributed by atoms with Crippen LogP contribution in [0.1, 0.15) is 31.4 Å². The van der Waals surface area contributed by atoms with Gasteiger partial charge in [0.15, 0.2) is 0 Å². The van der Waals surface area contributed by atoms with Crippen LogP contribution >= 0.6 is 11.8 Å². The lowest BCUT2D eigenvalue weighted by Gasteiger charge is -2.19. The van der Waals surface area contributed by atoms with Crippen molar-refractivity contribution < 1.29 is 17.6 Å². The normalized spacial score (nSPS) is 19.7. The lowest BCUT2D eigenvalue weighted by atomic mass is 9.93. The van der Waals surface area contributed by atoms with Crippen molar-refractivity contribution in [2.45, 2.75) is 36.2 Å². The molecule has 0 aromatic heterocycles. The largest absolute Gasteiger partial charge is 0.446 e. The Morgan fingerprint density at radius 3 is 2.39 bits per heavy atom. The Morgan fingerprint density at radius 1 is 1.33 bits per heavy atom. The summed E-state index contributed by atoms with van der Waals surface area (Å²) < 4.78 is 50.0. The highest BCUT2D eigenvalue weighted by Gasteiger charge is 2.43. The molecular formula is C12H13F4NS. The highest BCUT2D eigenvalue weighted by molar-refractivity contribution is 8.00. The fourth-order valence-corrected chi connectivity index (χ4v) is 2.37. The van der Waals surface area contributed by atoms with Crippen molar-refractivity contribution in [1.29, 1.82) is 0 Å². The van der Waals surface area contributed by atoms with Crippen molar-refractivity contribution in [3.63, 3.8) is 0 Å². The Morgan fingerprint density at radius 2 is 1.94 bits per heavy atom. The maximum atomic E-state index is 13.6. The van der Waals surface area contributed by atoms with Gasteiger partial charge in [0.05, 0.1) is 4.90 Å². The Hall–Kier alpha value is -0.750. The zero-order valence-electron chi connectivity index (χ0n) is 9.72. The van der Waals surface area contributed by atoms with Crippen LogP contribution in [-0.4, -0.2) is 5.51 Å². The summed E-state index contributed by atoms with van der Waals surface area (Å²) in [5.41, 5.74) is 2.02. The summed E-state index contributed by atoms with van der Waals surface area (Å²) >= 11 is -0.445. The molecule has 100 valence electrons. The molecule has 18 heavy (non-hydrogen) atoms. The minimum absolute atomic E-state index is 0.0366. The van der Waals surface area contributed by atoms with Gasteiger partial charge >= 0.3 is 5.51 Å². The summed E-state index contributed by atoms with van der Waals surface area (Å²) in [6, 6.07) is 3.42. The predicted molar refractivity (Wildman–Crippen MR) is 62.6 cm³/mol. The van der Waals surface area contributed by atoms with E-state index < -0.39 is 28.0 Å². The molecule has 1 aliphatic carbocycles. The molecule has 0 amide bonds. The van der Waals surface area contributed by atoms with E-state index in [1.807, 2.05) is 6.92 Å². The van der Waals surface area contributed by atoms with Gasteiger partial charge in [-0.15, -0.1) is 0 Å². The molecule has 1 unspecified atom stereocenters. The van der Waals surface area contributed by atoms with Crippen molar-refractivity contribution in [2.75, 3.05) is 0 Å². The fraction of sp³-hybridized carbons (Fsp3) is 0.500. The summed E-state index contributed by atoms with van der Waals surface area (Å²) in [6.45, 7) is 1.99. The van der Waals surface area contributed by atoms with Gasteiger partial charge in [0.25, 0.3) is 0 Å². The summed E-state index contributed by atoms with van der Waals surface area (Å²) in [4.78, 5) is -0.417. The van der Waals surface area contributed by atoms with Crippen molar-refractivity contribution in [2.24, 2.45) is 11.1 Å².